The van der Waals surface area contributed by atoms with Gasteiger partial charge in [-0.3, -0.25) is 0 Å². The van der Waals surface area contributed by atoms with E-state index in [4.69, 9.17) is 0 Å². The molecule has 1 aliphatic heterocycles. The third-order valence-corrected chi connectivity index (χ3v) is 2.31. The number of nitrogens with one attached hydrogen (secondary N) is 1. The molecule has 1 radical (unpaired) electrons. The molecule has 0 saturated carbocycles. The van der Waals surface area contributed by atoms with Crippen LogP contribution in [0.3, 0.4) is 0 Å². The van der Waals surface area contributed by atoms with Crippen molar-refractivity contribution in [2.24, 2.45) is 0 Å². The van der Waals surface area contributed by atoms with Gasteiger partial charge in [0.1, 0.15) is 5.82 Å². The van der Waals surface area contributed by atoms with Crippen LogP contribution in [0.15, 0.2) is 12.3 Å². The number of likely N-dealkylation sites (N-methyl/N-ethyl adjacent to an activating group) is 1. The lowest BCUT2D eigenvalue weighted by atomic mass is 10.4. The maximum Gasteiger partial charge on any atom is 0.199 e. The van der Waals surface area contributed by atoms with Crippen LogP contribution in [0.2, 0.25) is 0 Å². The quantitative estimate of drug-likeness (QED) is 0.706. The maximum absolute atomic E-state index is 3.99. The molecular weight excluding hydrogens is 178 g/mol. The van der Waals surface area contributed by atoms with Gasteiger partial charge in [-0.05, 0) is 7.05 Å². The highest BCUT2D eigenvalue weighted by atomic mass is 15.5. The maximum atomic E-state index is 3.99. The van der Waals surface area contributed by atoms with Gasteiger partial charge in [0.05, 0.1) is 0 Å². The van der Waals surface area contributed by atoms with Crippen molar-refractivity contribution in [3.8, 4) is 0 Å². The Hall–Kier alpha value is -1.20. The van der Waals surface area contributed by atoms with E-state index in [1.165, 1.54) is 0 Å². The van der Waals surface area contributed by atoms with Gasteiger partial charge in [-0.25, -0.2) is 15.0 Å². The predicted octanol–water partition coefficient (Wildman–Crippen LogP) is -0.149. The molecule has 0 bridgehead atoms. The van der Waals surface area contributed by atoms with Gasteiger partial charge in [0.15, 0.2) is 6.33 Å². The summed E-state index contributed by atoms with van der Waals surface area (Å²) >= 11 is 0. The number of anilines is 1. The fraction of sp³-hybridized carbons (Fsp3) is 0.556. The van der Waals surface area contributed by atoms with Gasteiger partial charge >= 0.3 is 0 Å². The fourth-order valence-electron chi connectivity index (χ4n) is 1.40. The van der Waals surface area contributed by atoms with Gasteiger partial charge < -0.3 is 10.3 Å². The number of piperazine rings is 1. The summed E-state index contributed by atoms with van der Waals surface area (Å²) in [6.07, 6.45) is 4.25. The summed E-state index contributed by atoms with van der Waals surface area (Å²) in [5.41, 5.74) is 3.23. The Morgan fingerprint density at radius 3 is 2.79 bits per heavy atom. The molecular formula is C9H14N5. The monoisotopic (exact) mass is 192 g/mol. The summed E-state index contributed by atoms with van der Waals surface area (Å²) < 4.78 is 0. The van der Waals surface area contributed by atoms with E-state index in [-0.39, 0.29) is 0 Å². The number of aromatic nitrogens is 2. The molecule has 5 nitrogen and oxygen atoms in total. The minimum Gasteiger partial charge on any atom is -0.304 e. The van der Waals surface area contributed by atoms with E-state index in [1.54, 1.807) is 6.20 Å². The summed E-state index contributed by atoms with van der Waals surface area (Å²) in [5, 5.41) is 2.16. The van der Waals surface area contributed by atoms with E-state index in [1.807, 2.05) is 6.07 Å². The molecule has 0 aliphatic carbocycles. The smallest absolute Gasteiger partial charge is 0.199 e. The Morgan fingerprint density at radius 2 is 2.14 bits per heavy atom. The zero-order valence-electron chi connectivity index (χ0n) is 8.27. The molecule has 0 spiro atoms. The molecule has 0 aromatic carbocycles. The first-order chi connectivity index (χ1) is 6.84. The SMILES string of the molecule is CN1CCN(Nc2ccn[c]n2)CC1. The second-order valence-corrected chi connectivity index (χ2v) is 3.44. The second-order valence-electron chi connectivity index (χ2n) is 3.44. The van der Waals surface area contributed by atoms with E-state index in [0.717, 1.165) is 32.0 Å². The molecule has 0 unspecified atom stereocenters. The Labute approximate surface area is 83.7 Å². The highest BCUT2D eigenvalue weighted by Crippen LogP contribution is 2.03. The number of hydrogen-bond donors (Lipinski definition) is 1. The van der Waals surface area contributed by atoms with Crippen molar-refractivity contribution in [3.05, 3.63) is 18.6 Å². The van der Waals surface area contributed by atoms with Crippen molar-refractivity contribution in [1.82, 2.24) is 19.9 Å². The minimum absolute atomic E-state index is 0.810. The molecule has 1 aromatic heterocycles. The molecule has 1 aromatic rings. The topological polar surface area (TPSA) is 44.3 Å². The first-order valence-corrected chi connectivity index (χ1v) is 4.74. The van der Waals surface area contributed by atoms with E-state index >= 15 is 0 Å². The van der Waals surface area contributed by atoms with E-state index < -0.39 is 0 Å². The predicted molar refractivity (Wildman–Crippen MR) is 53.6 cm³/mol. The largest absolute Gasteiger partial charge is 0.304 e. The Morgan fingerprint density at radius 1 is 1.36 bits per heavy atom. The molecule has 1 N–H and O–H groups in total. The molecule has 1 fully saturated rings. The number of hydrazine groups is 1. The van der Waals surface area contributed by atoms with Gasteiger partial charge in [0.2, 0.25) is 0 Å². The summed E-state index contributed by atoms with van der Waals surface area (Å²) in [6.45, 7) is 4.20. The number of hydrogen-bond acceptors (Lipinski definition) is 5. The van der Waals surface area contributed by atoms with E-state index in [0.29, 0.717) is 0 Å². The first-order valence-electron chi connectivity index (χ1n) is 4.74. The van der Waals surface area contributed by atoms with Crippen LogP contribution in [0.1, 0.15) is 0 Å². The molecule has 75 valence electrons. The Kier molecular flexibility index (Phi) is 2.90. The van der Waals surface area contributed by atoms with Crippen LogP contribution in [0, 0.1) is 6.33 Å². The fourth-order valence-corrected chi connectivity index (χ4v) is 1.40. The van der Waals surface area contributed by atoms with E-state index in [2.05, 4.69) is 38.7 Å². The van der Waals surface area contributed by atoms with Crippen LogP contribution in [-0.4, -0.2) is 53.1 Å². The van der Waals surface area contributed by atoms with Crippen molar-refractivity contribution < 1.29 is 0 Å². The number of rotatable bonds is 2. The Bertz CT molecular complexity index is 268. The lowest BCUT2D eigenvalue weighted by Gasteiger charge is -2.32. The van der Waals surface area contributed by atoms with Crippen molar-refractivity contribution in [1.29, 1.82) is 0 Å². The molecule has 14 heavy (non-hydrogen) atoms. The molecule has 1 aliphatic rings. The third-order valence-electron chi connectivity index (χ3n) is 2.31. The van der Waals surface area contributed by atoms with Crippen molar-refractivity contribution in [3.63, 3.8) is 0 Å². The highest BCUT2D eigenvalue weighted by molar-refractivity contribution is 5.29. The Balaban J connectivity index is 1.87. The van der Waals surface area contributed by atoms with Crippen LogP contribution in [0.5, 0.6) is 0 Å². The lowest BCUT2D eigenvalue weighted by Crippen LogP contribution is -2.47. The summed E-state index contributed by atoms with van der Waals surface area (Å²) in [4.78, 5) is 10.0. The van der Waals surface area contributed by atoms with Crippen molar-refractivity contribution in [2.75, 3.05) is 38.7 Å². The summed E-state index contributed by atoms with van der Waals surface area (Å²) in [7, 11) is 2.13. The normalized spacial score (nSPS) is 19.5. The van der Waals surface area contributed by atoms with Gasteiger partial charge in [-0.15, -0.1) is 0 Å². The van der Waals surface area contributed by atoms with Crippen LogP contribution in [0.25, 0.3) is 0 Å². The van der Waals surface area contributed by atoms with Crippen LogP contribution in [-0.2, 0) is 0 Å². The molecule has 1 saturated heterocycles. The van der Waals surface area contributed by atoms with Gasteiger partial charge in [-0.2, -0.15) is 0 Å². The third kappa shape index (κ3) is 2.40. The van der Waals surface area contributed by atoms with Crippen LogP contribution < -0.4 is 5.43 Å². The van der Waals surface area contributed by atoms with Gasteiger partial charge in [-0.1, -0.05) is 0 Å². The van der Waals surface area contributed by atoms with Crippen molar-refractivity contribution in [2.45, 2.75) is 0 Å². The van der Waals surface area contributed by atoms with Crippen LogP contribution in [0.4, 0.5) is 5.82 Å². The average molecular weight is 192 g/mol. The molecule has 2 heterocycles. The van der Waals surface area contributed by atoms with Gasteiger partial charge in [0.25, 0.3) is 0 Å². The molecule has 2 rings (SSSR count). The zero-order chi connectivity index (χ0) is 9.80. The molecule has 5 heteroatoms. The lowest BCUT2D eigenvalue weighted by molar-refractivity contribution is 0.178. The minimum atomic E-state index is 0.810. The van der Waals surface area contributed by atoms with Gasteiger partial charge in [0, 0.05) is 38.4 Å². The number of nitrogens with zero attached hydrogens (tertiary/aromatic N) is 4. The van der Waals surface area contributed by atoms with E-state index in [9.17, 15) is 0 Å². The van der Waals surface area contributed by atoms with Crippen molar-refractivity contribution >= 4 is 5.82 Å². The summed E-state index contributed by atoms with van der Waals surface area (Å²) in [5.74, 6) is 0.810. The highest BCUT2D eigenvalue weighted by Gasteiger charge is 2.13. The summed E-state index contributed by atoms with van der Waals surface area (Å²) in [6, 6.07) is 1.84. The first kappa shape index (κ1) is 9.36. The zero-order valence-corrected chi connectivity index (χ0v) is 8.27. The average Bonchev–Trinajstić information content (AvgIpc) is 2.23. The molecule has 0 atom stereocenters. The van der Waals surface area contributed by atoms with Crippen LogP contribution >= 0.6 is 0 Å². The molecule has 0 amide bonds. The second kappa shape index (κ2) is 4.34. The standard InChI is InChI=1S/C9H14N5/c1-13-4-6-14(7-5-13)12-9-2-3-10-8-11-9/h2-3H,4-7H2,1H3,(H,10,11,12).